The lowest BCUT2D eigenvalue weighted by atomic mass is 9.92. The first-order chi connectivity index (χ1) is 16.8. The van der Waals surface area contributed by atoms with E-state index < -0.39 is 16.0 Å². The maximum absolute atomic E-state index is 13.1. The highest BCUT2D eigenvalue weighted by atomic mass is 32.2. The Morgan fingerprint density at radius 3 is 2.61 bits per heavy atom. The molecule has 0 spiro atoms. The van der Waals surface area contributed by atoms with Gasteiger partial charge in [-0.1, -0.05) is 30.3 Å². The second-order valence-electron chi connectivity index (χ2n) is 8.88. The van der Waals surface area contributed by atoms with Gasteiger partial charge in [0.15, 0.2) is 0 Å². The number of nitrogens with one attached hydrogen (secondary N) is 2. The summed E-state index contributed by atoms with van der Waals surface area (Å²) in [6, 6.07) is 17.9. The third kappa shape index (κ3) is 5.17. The van der Waals surface area contributed by atoms with Crippen LogP contribution in [0.1, 0.15) is 40.2 Å². The number of aromatic nitrogens is 2. The zero-order chi connectivity index (χ0) is 24.6. The van der Waals surface area contributed by atoms with Crippen molar-refractivity contribution in [1.29, 1.82) is 0 Å². The lowest BCUT2D eigenvalue weighted by molar-refractivity contribution is 0.102. The number of anilines is 1. The molecule has 0 unspecified atom stereocenters. The molecule has 5 rings (SSSR count). The van der Waals surface area contributed by atoms with E-state index in [9.17, 15) is 17.8 Å². The van der Waals surface area contributed by atoms with Gasteiger partial charge in [0.2, 0.25) is 0 Å². The molecule has 0 aliphatic carbocycles. The van der Waals surface area contributed by atoms with E-state index in [1.165, 1.54) is 30.5 Å². The number of piperidine rings is 1. The minimum atomic E-state index is -4.50. The van der Waals surface area contributed by atoms with E-state index in [0.717, 1.165) is 29.7 Å². The van der Waals surface area contributed by atoms with E-state index in [0.29, 0.717) is 17.0 Å². The Bertz CT molecular complexity index is 1510. The molecule has 9 nitrogen and oxygen atoms in total. The van der Waals surface area contributed by atoms with Crippen LogP contribution in [0, 0.1) is 6.92 Å². The van der Waals surface area contributed by atoms with Gasteiger partial charge < -0.3 is 16.1 Å². The third-order valence-corrected chi connectivity index (χ3v) is 7.28. The van der Waals surface area contributed by atoms with Gasteiger partial charge in [0.1, 0.15) is 10.4 Å². The molecule has 0 bridgehead atoms. The van der Waals surface area contributed by atoms with Crippen molar-refractivity contribution >= 4 is 32.6 Å². The maximum Gasteiger partial charge on any atom is 0.296 e. The topological polar surface area (TPSA) is 145 Å². The lowest BCUT2D eigenvalue weighted by Gasteiger charge is -2.23. The van der Waals surface area contributed by atoms with Crippen molar-refractivity contribution in [3.8, 4) is 5.69 Å². The Kier molecular flexibility index (Phi) is 7.23. The molecular formula is C26H28N4O5S. The first-order valence-electron chi connectivity index (χ1n) is 11.5. The molecule has 0 radical (unpaired) electrons. The molecule has 10 heteroatoms. The number of hydrogen-bond acceptors (Lipinski definition) is 5. The Balaban J connectivity index is 0.00000304. The Morgan fingerprint density at radius 2 is 1.92 bits per heavy atom. The average molecular weight is 509 g/mol. The summed E-state index contributed by atoms with van der Waals surface area (Å²) in [5.74, 6) is -0.00413. The smallest absolute Gasteiger partial charge is 0.296 e. The number of rotatable bonds is 5. The van der Waals surface area contributed by atoms with Crippen LogP contribution in [-0.4, -0.2) is 47.2 Å². The Morgan fingerprint density at radius 1 is 1.14 bits per heavy atom. The quantitative estimate of drug-likeness (QED) is 0.352. The SMILES string of the molecule is Cc1ccc(S(=O)(=O)O)c(NC(=O)c2cccc3cn(-c4ccc([C@@H]5CCCNC5)cc4)nc23)c1.O. The molecular weight excluding hydrogens is 480 g/mol. The Labute approximate surface area is 209 Å². The zero-order valence-electron chi connectivity index (χ0n) is 19.7. The summed E-state index contributed by atoms with van der Waals surface area (Å²) in [6.07, 6.45) is 4.21. The summed E-state index contributed by atoms with van der Waals surface area (Å²) in [5.41, 5.74) is 3.72. The van der Waals surface area contributed by atoms with Crippen LogP contribution in [0.25, 0.3) is 16.6 Å². The summed E-state index contributed by atoms with van der Waals surface area (Å²) < 4.78 is 34.8. The monoisotopic (exact) mass is 508 g/mol. The van der Waals surface area contributed by atoms with Crippen LogP contribution >= 0.6 is 0 Å². The van der Waals surface area contributed by atoms with Gasteiger partial charge in [-0.25, -0.2) is 4.68 Å². The van der Waals surface area contributed by atoms with Crippen LogP contribution in [0.3, 0.4) is 0 Å². The molecule has 2 heterocycles. The maximum atomic E-state index is 13.1. The highest BCUT2D eigenvalue weighted by Crippen LogP contribution is 2.27. The van der Waals surface area contributed by atoms with Crippen LogP contribution in [0.4, 0.5) is 5.69 Å². The van der Waals surface area contributed by atoms with Crippen LogP contribution in [-0.2, 0) is 10.1 Å². The van der Waals surface area contributed by atoms with Gasteiger partial charge in [0.05, 0.1) is 16.9 Å². The van der Waals surface area contributed by atoms with Crippen LogP contribution in [0.15, 0.2) is 71.8 Å². The molecule has 1 aliphatic rings. The predicted molar refractivity (Wildman–Crippen MR) is 138 cm³/mol. The molecule has 1 aromatic heterocycles. The highest BCUT2D eigenvalue weighted by Gasteiger charge is 2.20. The molecule has 0 saturated carbocycles. The highest BCUT2D eigenvalue weighted by molar-refractivity contribution is 7.86. The summed E-state index contributed by atoms with van der Waals surface area (Å²) in [7, 11) is -4.50. The number of aryl methyl sites for hydroxylation is 1. The predicted octanol–water partition coefficient (Wildman–Crippen LogP) is 3.48. The van der Waals surface area contributed by atoms with E-state index in [2.05, 4.69) is 27.9 Å². The van der Waals surface area contributed by atoms with Crippen molar-refractivity contribution in [3.63, 3.8) is 0 Å². The molecule has 4 aromatic rings. The van der Waals surface area contributed by atoms with Crippen molar-refractivity contribution in [3.05, 3.63) is 83.6 Å². The zero-order valence-corrected chi connectivity index (χ0v) is 20.5. The fourth-order valence-corrected chi connectivity index (χ4v) is 5.18. The van der Waals surface area contributed by atoms with Crippen LogP contribution in [0.2, 0.25) is 0 Å². The molecule has 1 fully saturated rings. The van der Waals surface area contributed by atoms with E-state index in [-0.39, 0.29) is 16.1 Å². The van der Waals surface area contributed by atoms with E-state index >= 15 is 0 Å². The summed E-state index contributed by atoms with van der Waals surface area (Å²) in [5, 5.41) is 11.5. The molecule has 1 amide bonds. The van der Waals surface area contributed by atoms with Gasteiger partial charge in [0, 0.05) is 18.1 Å². The van der Waals surface area contributed by atoms with E-state index in [1.54, 1.807) is 29.8 Å². The second kappa shape index (κ2) is 10.2. The summed E-state index contributed by atoms with van der Waals surface area (Å²) in [4.78, 5) is 12.8. The normalized spacial score (nSPS) is 15.9. The third-order valence-electron chi connectivity index (χ3n) is 6.37. The van der Waals surface area contributed by atoms with Crippen molar-refractivity contribution in [2.24, 2.45) is 0 Å². The first kappa shape index (κ1) is 25.5. The average Bonchev–Trinajstić information content (AvgIpc) is 3.28. The van der Waals surface area contributed by atoms with E-state index in [4.69, 9.17) is 0 Å². The summed E-state index contributed by atoms with van der Waals surface area (Å²) in [6.45, 7) is 3.83. The van der Waals surface area contributed by atoms with Gasteiger partial charge in [-0.15, -0.1) is 0 Å². The van der Waals surface area contributed by atoms with Gasteiger partial charge >= 0.3 is 0 Å². The summed E-state index contributed by atoms with van der Waals surface area (Å²) >= 11 is 0. The number of carbonyl (C=O) groups excluding carboxylic acids is 1. The van der Waals surface area contributed by atoms with Crippen molar-refractivity contribution < 1.29 is 23.2 Å². The van der Waals surface area contributed by atoms with E-state index in [1.807, 2.05) is 24.4 Å². The minimum Gasteiger partial charge on any atom is -0.412 e. The van der Waals surface area contributed by atoms with Gasteiger partial charge in [-0.3, -0.25) is 9.35 Å². The fraction of sp³-hybridized carbons (Fsp3) is 0.231. The molecule has 5 N–H and O–H groups in total. The van der Waals surface area contributed by atoms with Gasteiger partial charge in [0.25, 0.3) is 16.0 Å². The second-order valence-corrected chi connectivity index (χ2v) is 10.3. The number of carbonyl (C=O) groups is 1. The number of nitrogens with zero attached hydrogens (tertiary/aromatic N) is 2. The van der Waals surface area contributed by atoms with Crippen molar-refractivity contribution in [2.75, 3.05) is 18.4 Å². The van der Waals surface area contributed by atoms with Gasteiger partial charge in [-0.2, -0.15) is 13.5 Å². The molecule has 188 valence electrons. The first-order valence-corrected chi connectivity index (χ1v) is 12.9. The number of hydrogen-bond donors (Lipinski definition) is 3. The number of amides is 1. The lowest BCUT2D eigenvalue weighted by Crippen LogP contribution is -2.28. The number of benzene rings is 3. The van der Waals surface area contributed by atoms with Crippen LogP contribution in [0.5, 0.6) is 0 Å². The minimum absolute atomic E-state index is 0. The number of fused-ring (bicyclic) bond motifs is 1. The molecule has 1 atom stereocenters. The largest absolute Gasteiger partial charge is 0.412 e. The molecule has 1 aliphatic heterocycles. The van der Waals surface area contributed by atoms with Crippen molar-refractivity contribution in [2.45, 2.75) is 30.6 Å². The standard InChI is InChI=1S/C26H26N4O4S.H2O/c1-17-7-12-24(35(32,33)34)23(14-17)28-26(31)22-6-2-4-20-16-30(29-25(20)22)21-10-8-18(9-11-21)19-5-3-13-27-15-19;/h2,4,6-12,14,16,19,27H,3,5,13,15H2,1H3,(H,28,31)(H,32,33,34);1H2/t19-;/m1./s1. The van der Waals surface area contributed by atoms with Crippen molar-refractivity contribution in [1.82, 2.24) is 15.1 Å². The molecule has 36 heavy (non-hydrogen) atoms. The fourth-order valence-electron chi connectivity index (χ4n) is 4.55. The molecule has 1 saturated heterocycles. The van der Waals surface area contributed by atoms with Crippen LogP contribution < -0.4 is 10.6 Å². The van der Waals surface area contributed by atoms with Gasteiger partial charge in [-0.05, 0) is 73.7 Å². The Hall–Kier alpha value is -3.57. The molecule has 3 aromatic carbocycles.